The highest BCUT2D eigenvalue weighted by atomic mass is 16.1. The molecule has 1 amide bonds. The highest BCUT2D eigenvalue weighted by Gasteiger charge is 2.05. The summed E-state index contributed by atoms with van der Waals surface area (Å²) in [6, 6.07) is 9.90. The molecule has 0 saturated heterocycles. The quantitative estimate of drug-likeness (QED) is 0.863. The van der Waals surface area contributed by atoms with E-state index in [4.69, 9.17) is 0 Å². The molecule has 0 aliphatic heterocycles. The van der Waals surface area contributed by atoms with E-state index in [-0.39, 0.29) is 5.91 Å². The van der Waals surface area contributed by atoms with Gasteiger partial charge >= 0.3 is 0 Å². The number of carbonyl (C=O) groups is 1. The SMILES string of the molecule is Cn1cnc(NC(=O)CCc2ccccc2)n1. The first-order valence-corrected chi connectivity index (χ1v) is 5.43. The van der Waals surface area contributed by atoms with E-state index in [9.17, 15) is 4.79 Å². The summed E-state index contributed by atoms with van der Waals surface area (Å²) >= 11 is 0. The average molecular weight is 230 g/mol. The smallest absolute Gasteiger partial charge is 0.248 e. The van der Waals surface area contributed by atoms with Gasteiger partial charge in [-0.1, -0.05) is 30.3 Å². The van der Waals surface area contributed by atoms with Crippen LogP contribution in [0.4, 0.5) is 5.95 Å². The number of nitrogens with one attached hydrogen (secondary N) is 1. The van der Waals surface area contributed by atoms with Crippen LogP contribution < -0.4 is 5.32 Å². The van der Waals surface area contributed by atoms with Crippen molar-refractivity contribution in [2.45, 2.75) is 12.8 Å². The Morgan fingerprint density at radius 3 is 2.76 bits per heavy atom. The Kier molecular flexibility index (Phi) is 3.49. The third-order valence-electron chi connectivity index (χ3n) is 2.33. The first kappa shape index (κ1) is 11.3. The second-order valence-electron chi connectivity index (χ2n) is 3.78. The van der Waals surface area contributed by atoms with Crippen LogP contribution in [0.2, 0.25) is 0 Å². The van der Waals surface area contributed by atoms with Crippen LogP contribution in [-0.4, -0.2) is 20.7 Å². The maximum Gasteiger partial charge on any atom is 0.248 e. The van der Waals surface area contributed by atoms with Gasteiger partial charge in [-0.3, -0.25) is 14.8 Å². The molecule has 0 spiro atoms. The summed E-state index contributed by atoms with van der Waals surface area (Å²) in [4.78, 5) is 15.5. The number of aromatic nitrogens is 3. The average Bonchev–Trinajstić information content (AvgIpc) is 2.73. The van der Waals surface area contributed by atoms with Crippen molar-refractivity contribution in [1.29, 1.82) is 0 Å². The van der Waals surface area contributed by atoms with Crippen LogP contribution >= 0.6 is 0 Å². The van der Waals surface area contributed by atoms with Gasteiger partial charge in [-0.2, -0.15) is 0 Å². The Morgan fingerprint density at radius 1 is 1.35 bits per heavy atom. The maximum absolute atomic E-state index is 11.6. The van der Waals surface area contributed by atoms with E-state index in [0.717, 1.165) is 12.0 Å². The van der Waals surface area contributed by atoms with E-state index < -0.39 is 0 Å². The van der Waals surface area contributed by atoms with Gasteiger partial charge in [0.15, 0.2) is 0 Å². The van der Waals surface area contributed by atoms with Gasteiger partial charge in [0.1, 0.15) is 6.33 Å². The number of rotatable bonds is 4. The molecule has 1 heterocycles. The molecule has 0 aliphatic carbocycles. The third kappa shape index (κ3) is 3.41. The molecule has 88 valence electrons. The van der Waals surface area contributed by atoms with E-state index in [1.54, 1.807) is 18.1 Å². The van der Waals surface area contributed by atoms with Gasteiger partial charge in [-0.25, -0.2) is 4.98 Å². The molecule has 0 bridgehead atoms. The molecule has 0 fully saturated rings. The van der Waals surface area contributed by atoms with Crippen LogP contribution in [0.5, 0.6) is 0 Å². The summed E-state index contributed by atoms with van der Waals surface area (Å²) in [7, 11) is 1.76. The zero-order valence-corrected chi connectivity index (χ0v) is 9.63. The largest absolute Gasteiger partial charge is 0.293 e. The molecule has 0 aliphatic rings. The lowest BCUT2D eigenvalue weighted by Crippen LogP contribution is -2.13. The number of carbonyl (C=O) groups excluding carboxylic acids is 1. The summed E-state index contributed by atoms with van der Waals surface area (Å²) in [6.07, 6.45) is 2.70. The fraction of sp³-hybridized carbons (Fsp3) is 0.250. The summed E-state index contributed by atoms with van der Waals surface area (Å²) < 4.78 is 1.55. The van der Waals surface area contributed by atoms with E-state index in [0.29, 0.717) is 12.4 Å². The van der Waals surface area contributed by atoms with E-state index in [1.165, 1.54) is 0 Å². The predicted octanol–water partition coefficient (Wildman–Crippen LogP) is 1.39. The Hall–Kier alpha value is -2.17. The number of anilines is 1. The second-order valence-corrected chi connectivity index (χ2v) is 3.78. The van der Waals surface area contributed by atoms with Crippen molar-refractivity contribution in [3.63, 3.8) is 0 Å². The molecule has 2 rings (SSSR count). The van der Waals surface area contributed by atoms with Crippen molar-refractivity contribution in [2.24, 2.45) is 7.05 Å². The molecule has 0 radical (unpaired) electrons. The molecule has 0 atom stereocenters. The highest BCUT2D eigenvalue weighted by Crippen LogP contribution is 2.04. The van der Waals surface area contributed by atoms with Gasteiger partial charge in [0.05, 0.1) is 0 Å². The van der Waals surface area contributed by atoms with Gasteiger partial charge in [-0.05, 0) is 12.0 Å². The van der Waals surface area contributed by atoms with Crippen molar-refractivity contribution in [2.75, 3.05) is 5.32 Å². The van der Waals surface area contributed by atoms with Crippen molar-refractivity contribution >= 4 is 11.9 Å². The number of aryl methyl sites for hydroxylation is 2. The van der Waals surface area contributed by atoms with Crippen LogP contribution in [0.3, 0.4) is 0 Å². The Labute approximate surface area is 99.5 Å². The molecule has 5 nitrogen and oxygen atoms in total. The van der Waals surface area contributed by atoms with Crippen molar-refractivity contribution in [3.8, 4) is 0 Å². The van der Waals surface area contributed by atoms with Crippen LogP contribution in [-0.2, 0) is 18.3 Å². The van der Waals surface area contributed by atoms with E-state index >= 15 is 0 Å². The zero-order chi connectivity index (χ0) is 12.1. The van der Waals surface area contributed by atoms with Gasteiger partial charge in [0.25, 0.3) is 0 Å². The third-order valence-corrected chi connectivity index (χ3v) is 2.33. The van der Waals surface area contributed by atoms with E-state index in [2.05, 4.69) is 15.4 Å². The normalized spacial score (nSPS) is 10.2. The predicted molar refractivity (Wildman–Crippen MR) is 64.4 cm³/mol. The van der Waals surface area contributed by atoms with Crippen molar-refractivity contribution < 1.29 is 4.79 Å². The van der Waals surface area contributed by atoms with Crippen molar-refractivity contribution in [1.82, 2.24) is 14.8 Å². The lowest BCUT2D eigenvalue weighted by atomic mass is 10.1. The van der Waals surface area contributed by atoms with Gasteiger partial charge < -0.3 is 0 Å². The fourth-order valence-electron chi connectivity index (χ4n) is 1.49. The zero-order valence-electron chi connectivity index (χ0n) is 9.63. The highest BCUT2D eigenvalue weighted by molar-refractivity contribution is 5.88. The summed E-state index contributed by atoms with van der Waals surface area (Å²) in [5, 5.41) is 6.63. The number of hydrogen-bond donors (Lipinski definition) is 1. The van der Waals surface area contributed by atoms with Gasteiger partial charge in [-0.15, -0.1) is 5.10 Å². The Balaban J connectivity index is 1.82. The Bertz CT molecular complexity index is 492. The number of hydrogen-bond acceptors (Lipinski definition) is 3. The standard InChI is InChI=1S/C12H14N4O/c1-16-9-13-12(15-16)14-11(17)8-7-10-5-3-2-4-6-10/h2-6,9H,7-8H2,1H3,(H,14,15,17). The van der Waals surface area contributed by atoms with Crippen LogP contribution in [0.15, 0.2) is 36.7 Å². The minimum absolute atomic E-state index is 0.0694. The molecule has 1 aromatic carbocycles. The maximum atomic E-state index is 11.6. The number of amides is 1. The lowest BCUT2D eigenvalue weighted by molar-refractivity contribution is -0.116. The molecular formula is C12H14N4O. The molecule has 17 heavy (non-hydrogen) atoms. The summed E-state index contributed by atoms with van der Waals surface area (Å²) in [5.41, 5.74) is 1.15. The summed E-state index contributed by atoms with van der Waals surface area (Å²) in [6.45, 7) is 0. The molecule has 1 aromatic heterocycles. The molecule has 0 saturated carbocycles. The number of benzene rings is 1. The minimum atomic E-state index is -0.0694. The molecule has 5 heteroatoms. The van der Waals surface area contributed by atoms with Crippen LogP contribution in [0.1, 0.15) is 12.0 Å². The van der Waals surface area contributed by atoms with Gasteiger partial charge in [0, 0.05) is 13.5 Å². The van der Waals surface area contributed by atoms with Crippen LogP contribution in [0.25, 0.3) is 0 Å². The van der Waals surface area contributed by atoms with Gasteiger partial charge in [0.2, 0.25) is 11.9 Å². The first-order valence-electron chi connectivity index (χ1n) is 5.43. The lowest BCUT2D eigenvalue weighted by Gasteiger charge is -2.01. The van der Waals surface area contributed by atoms with Crippen molar-refractivity contribution in [3.05, 3.63) is 42.2 Å². The molecule has 2 aromatic rings. The summed E-state index contributed by atoms with van der Waals surface area (Å²) in [5.74, 6) is 0.283. The van der Waals surface area contributed by atoms with Crippen LogP contribution in [0, 0.1) is 0 Å². The minimum Gasteiger partial charge on any atom is -0.293 e. The molecule has 0 unspecified atom stereocenters. The second kappa shape index (κ2) is 5.25. The molecular weight excluding hydrogens is 216 g/mol. The fourth-order valence-corrected chi connectivity index (χ4v) is 1.49. The molecule has 1 N–H and O–H groups in total. The topological polar surface area (TPSA) is 59.8 Å². The van der Waals surface area contributed by atoms with E-state index in [1.807, 2.05) is 30.3 Å². The monoisotopic (exact) mass is 230 g/mol. The number of nitrogens with zero attached hydrogens (tertiary/aromatic N) is 3. The Morgan fingerprint density at radius 2 is 2.12 bits per heavy atom. The first-order chi connectivity index (χ1) is 8.24.